The van der Waals surface area contributed by atoms with Crippen molar-refractivity contribution in [2.24, 2.45) is 4.99 Å². The first kappa shape index (κ1) is 29.7. The van der Waals surface area contributed by atoms with Crippen molar-refractivity contribution >= 4 is 44.4 Å². The van der Waals surface area contributed by atoms with E-state index in [0.29, 0.717) is 11.8 Å². The van der Waals surface area contributed by atoms with Crippen LogP contribution in [0.25, 0.3) is 32.9 Å². The smallest absolute Gasteiger partial charge is 0.0909 e. The molecular formula is C37H36IrN3O-. The fourth-order valence-corrected chi connectivity index (χ4v) is 6.14. The van der Waals surface area contributed by atoms with Crippen LogP contribution in [0.1, 0.15) is 51.5 Å². The Morgan fingerprint density at radius 2 is 1.69 bits per heavy atom. The Morgan fingerprint density at radius 3 is 2.45 bits per heavy atom. The molecule has 0 spiro atoms. The average molecular weight is 731 g/mol. The molecule has 5 aromatic rings. The summed E-state index contributed by atoms with van der Waals surface area (Å²) in [6, 6.07) is 33.7. The number of aliphatic hydroxyl groups excluding tert-OH is 1. The van der Waals surface area contributed by atoms with Crippen molar-refractivity contribution in [2.75, 3.05) is 4.90 Å². The minimum Gasteiger partial charge on any atom is -0.513 e. The van der Waals surface area contributed by atoms with Crippen LogP contribution >= 0.6 is 0 Å². The first-order valence-electron chi connectivity index (χ1n) is 14.6. The van der Waals surface area contributed by atoms with Gasteiger partial charge in [-0.05, 0) is 75.6 Å². The molecular weight excluding hydrogens is 695 g/mol. The summed E-state index contributed by atoms with van der Waals surface area (Å²) in [7, 11) is 0. The van der Waals surface area contributed by atoms with E-state index >= 15 is 0 Å². The van der Waals surface area contributed by atoms with E-state index in [0.717, 1.165) is 33.9 Å². The number of aliphatic imine (C=N–C) groups is 1. The molecule has 2 heterocycles. The second kappa shape index (κ2) is 13.0. The molecule has 1 aromatic heterocycles. The van der Waals surface area contributed by atoms with Crippen molar-refractivity contribution in [1.82, 2.24) is 4.98 Å². The van der Waals surface area contributed by atoms with E-state index in [1.807, 2.05) is 13.0 Å². The van der Waals surface area contributed by atoms with Gasteiger partial charge >= 0.3 is 0 Å². The van der Waals surface area contributed by atoms with Gasteiger partial charge in [0.25, 0.3) is 0 Å². The molecule has 2 aliphatic rings. The van der Waals surface area contributed by atoms with Gasteiger partial charge in [-0.15, -0.1) is 23.8 Å². The minimum absolute atomic E-state index is 0. The zero-order valence-corrected chi connectivity index (χ0v) is 26.8. The Labute approximate surface area is 262 Å². The van der Waals surface area contributed by atoms with Crippen molar-refractivity contribution in [3.63, 3.8) is 0 Å². The monoisotopic (exact) mass is 731 g/mol. The number of allylic oxidation sites excluding steroid dienone is 2. The standard InChI is InChI=1S/C26H17N2.C11H19NO.Ir/c1-17-8-5-14-22-21(17)16-24-26(27-22)20-13-6-9-18-10-7-15-23(25(18)20)28(24)19-11-3-2-4-12-19;1-9(8-10(2)13)12-11-6-4-3-5-7-11;/h2-12,14-16H,1H3;8,11,13H,3-7H2,1-2H3;/q-1;;/b;10-8-,12-9?;. The Morgan fingerprint density at radius 1 is 0.929 bits per heavy atom. The molecule has 0 atom stereocenters. The number of anilines is 3. The van der Waals surface area contributed by atoms with E-state index in [9.17, 15) is 0 Å². The fourth-order valence-electron chi connectivity index (χ4n) is 6.14. The largest absolute Gasteiger partial charge is 0.513 e. The predicted octanol–water partition coefficient (Wildman–Crippen LogP) is 10.2. The molecule has 7 rings (SSSR count). The summed E-state index contributed by atoms with van der Waals surface area (Å²) >= 11 is 0. The first-order valence-corrected chi connectivity index (χ1v) is 14.6. The number of aliphatic hydroxyl groups is 1. The number of hydrogen-bond donors (Lipinski definition) is 1. The molecule has 1 saturated carbocycles. The topological polar surface area (TPSA) is 48.7 Å². The molecule has 1 aliphatic heterocycles. The van der Waals surface area contributed by atoms with E-state index in [2.05, 4.69) is 102 Å². The quantitative estimate of drug-likeness (QED) is 0.112. The van der Waals surface area contributed by atoms with Crippen LogP contribution in [0.2, 0.25) is 0 Å². The Hall–Kier alpha value is -3.79. The van der Waals surface area contributed by atoms with Gasteiger partial charge in [-0.25, -0.2) is 0 Å². The van der Waals surface area contributed by atoms with Gasteiger partial charge < -0.3 is 10.0 Å². The summed E-state index contributed by atoms with van der Waals surface area (Å²) in [6.07, 6.45) is 8.15. The van der Waals surface area contributed by atoms with Crippen LogP contribution in [0, 0.1) is 13.0 Å². The van der Waals surface area contributed by atoms with Gasteiger partial charge in [0.2, 0.25) is 0 Å². The average Bonchev–Trinajstić information content (AvgIpc) is 2.98. The molecule has 1 fully saturated rings. The normalized spacial score (nSPS) is 15.1. The molecule has 42 heavy (non-hydrogen) atoms. The maximum atomic E-state index is 9.03. The molecule has 1 N–H and O–H groups in total. The maximum Gasteiger partial charge on any atom is 0.0909 e. The number of rotatable bonds is 3. The number of nitrogens with zero attached hydrogens (tertiary/aromatic N) is 3. The van der Waals surface area contributed by atoms with E-state index in [-0.39, 0.29) is 20.1 Å². The van der Waals surface area contributed by atoms with Crippen LogP contribution in [-0.4, -0.2) is 21.8 Å². The van der Waals surface area contributed by atoms with E-state index in [4.69, 9.17) is 10.1 Å². The number of hydrogen-bond acceptors (Lipinski definition) is 4. The second-order valence-electron chi connectivity index (χ2n) is 11.1. The van der Waals surface area contributed by atoms with Crippen LogP contribution in [0.15, 0.2) is 102 Å². The number of aryl methyl sites for hydroxylation is 1. The number of para-hydroxylation sites is 1. The fraction of sp³-hybridized carbons (Fsp3) is 0.243. The molecule has 0 amide bonds. The number of fused-ring (bicyclic) bond motifs is 3. The number of benzene rings is 4. The van der Waals surface area contributed by atoms with Crippen LogP contribution in [0.3, 0.4) is 0 Å². The van der Waals surface area contributed by atoms with Crippen molar-refractivity contribution in [2.45, 2.75) is 58.9 Å². The third-order valence-corrected chi connectivity index (χ3v) is 7.98. The van der Waals surface area contributed by atoms with Crippen LogP contribution in [0.5, 0.6) is 0 Å². The van der Waals surface area contributed by atoms with Gasteiger partial charge in [-0.1, -0.05) is 72.5 Å². The van der Waals surface area contributed by atoms with Gasteiger partial charge in [0.1, 0.15) is 0 Å². The Bertz CT molecular complexity index is 1760. The van der Waals surface area contributed by atoms with Gasteiger partial charge in [-0.3, -0.25) is 9.98 Å². The van der Waals surface area contributed by atoms with Crippen molar-refractivity contribution < 1.29 is 25.2 Å². The van der Waals surface area contributed by atoms with Crippen LogP contribution in [0.4, 0.5) is 17.1 Å². The van der Waals surface area contributed by atoms with E-state index < -0.39 is 0 Å². The molecule has 4 nitrogen and oxygen atoms in total. The zero-order valence-electron chi connectivity index (χ0n) is 24.4. The summed E-state index contributed by atoms with van der Waals surface area (Å²) in [6.45, 7) is 5.78. The maximum absolute atomic E-state index is 9.03. The van der Waals surface area contributed by atoms with Gasteiger partial charge in [0, 0.05) is 54.0 Å². The van der Waals surface area contributed by atoms with Gasteiger partial charge in [0.15, 0.2) is 0 Å². The van der Waals surface area contributed by atoms with E-state index in [1.165, 1.54) is 59.5 Å². The van der Waals surface area contributed by atoms with Gasteiger partial charge in [0.05, 0.1) is 17.3 Å². The van der Waals surface area contributed by atoms with Gasteiger partial charge in [-0.2, -0.15) is 0 Å². The molecule has 0 bridgehead atoms. The summed E-state index contributed by atoms with van der Waals surface area (Å²) in [4.78, 5) is 12.0. The zero-order chi connectivity index (χ0) is 28.3. The second-order valence-corrected chi connectivity index (χ2v) is 11.1. The Kier molecular flexibility index (Phi) is 9.21. The predicted molar refractivity (Wildman–Crippen MR) is 173 cm³/mol. The molecule has 0 unspecified atom stereocenters. The summed E-state index contributed by atoms with van der Waals surface area (Å²) in [5.41, 5.74) is 8.71. The molecule has 1 aliphatic carbocycles. The third-order valence-electron chi connectivity index (χ3n) is 7.98. The first-order chi connectivity index (χ1) is 20.0. The number of pyridine rings is 1. The van der Waals surface area contributed by atoms with E-state index in [1.54, 1.807) is 13.0 Å². The third kappa shape index (κ3) is 6.04. The molecule has 4 aromatic carbocycles. The minimum atomic E-state index is 0. The number of aromatic nitrogens is 1. The Balaban J connectivity index is 0.000000215. The van der Waals surface area contributed by atoms with Crippen molar-refractivity contribution in [3.05, 3.63) is 108 Å². The van der Waals surface area contributed by atoms with Crippen molar-refractivity contribution in [1.29, 1.82) is 0 Å². The van der Waals surface area contributed by atoms with Crippen LogP contribution < -0.4 is 4.90 Å². The molecule has 5 heteroatoms. The molecule has 215 valence electrons. The van der Waals surface area contributed by atoms with Crippen molar-refractivity contribution in [3.8, 4) is 11.3 Å². The summed E-state index contributed by atoms with van der Waals surface area (Å²) < 4.78 is 0. The molecule has 1 radical (unpaired) electrons. The summed E-state index contributed by atoms with van der Waals surface area (Å²) in [5.74, 6) is 0.344. The summed E-state index contributed by atoms with van der Waals surface area (Å²) in [5, 5.41) is 12.6. The SMILES string of the molecule is CC(/C=C(/C)O)=NC1CCCCC1.Cc1cccc2nc3c(cc12)N(c1ccccc1)c1cccc2cc[c-]c-3c12.[Ir]. The van der Waals surface area contributed by atoms with Crippen LogP contribution in [-0.2, 0) is 20.1 Å². The molecule has 0 saturated heterocycles.